The van der Waals surface area contributed by atoms with E-state index >= 15 is 0 Å². The average molecular weight is 269 g/mol. The number of benzene rings is 2. The summed E-state index contributed by atoms with van der Waals surface area (Å²) in [6.45, 7) is 3.70. The predicted molar refractivity (Wildman–Crippen MR) is 79.5 cm³/mol. The van der Waals surface area contributed by atoms with Gasteiger partial charge in [0.05, 0.1) is 12.1 Å². The first-order valence-corrected chi connectivity index (χ1v) is 6.69. The Hall–Kier alpha value is -2.13. The molecule has 2 aromatic rings. The Bertz CT molecular complexity index is 581. The molecule has 0 unspecified atom stereocenters. The summed E-state index contributed by atoms with van der Waals surface area (Å²) in [7, 11) is 0. The van der Waals surface area contributed by atoms with Crippen molar-refractivity contribution >= 4 is 5.91 Å². The van der Waals surface area contributed by atoms with Crippen LogP contribution in [0.2, 0.25) is 0 Å². The van der Waals surface area contributed by atoms with Crippen molar-refractivity contribution in [3.05, 3.63) is 71.3 Å². The van der Waals surface area contributed by atoms with Crippen molar-refractivity contribution in [2.24, 2.45) is 0 Å². The molecule has 2 atom stereocenters. The quantitative estimate of drug-likeness (QED) is 0.896. The van der Waals surface area contributed by atoms with Crippen LogP contribution in [0.15, 0.2) is 54.6 Å². The van der Waals surface area contributed by atoms with Gasteiger partial charge in [0.25, 0.3) is 5.91 Å². The normalized spacial score (nSPS) is 13.6. The lowest BCUT2D eigenvalue weighted by Crippen LogP contribution is -2.37. The van der Waals surface area contributed by atoms with E-state index in [-0.39, 0.29) is 11.9 Å². The maximum atomic E-state index is 12.2. The van der Waals surface area contributed by atoms with E-state index in [1.54, 1.807) is 13.0 Å². The summed E-state index contributed by atoms with van der Waals surface area (Å²) >= 11 is 0. The molecule has 0 aliphatic rings. The number of carbonyl (C=O) groups excluding carboxylic acids is 1. The zero-order valence-electron chi connectivity index (χ0n) is 11.7. The third kappa shape index (κ3) is 3.25. The van der Waals surface area contributed by atoms with Crippen molar-refractivity contribution in [2.45, 2.75) is 26.0 Å². The average Bonchev–Trinajstić information content (AvgIpc) is 2.47. The highest BCUT2D eigenvalue weighted by Gasteiger charge is 2.19. The van der Waals surface area contributed by atoms with E-state index < -0.39 is 6.10 Å². The Kier molecular flexibility index (Phi) is 4.53. The monoisotopic (exact) mass is 269 g/mol. The summed E-state index contributed by atoms with van der Waals surface area (Å²) in [6.07, 6.45) is -0.718. The van der Waals surface area contributed by atoms with E-state index in [2.05, 4.69) is 5.32 Å². The van der Waals surface area contributed by atoms with Crippen molar-refractivity contribution in [3.8, 4) is 0 Å². The fraction of sp³-hybridized carbons (Fsp3) is 0.235. The number of hydrogen-bond donors (Lipinski definition) is 2. The van der Waals surface area contributed by atoms with Crippen LogP contribution in [0.3, 0.4) is 0 Å². The van der Waals surface area contributed by atoms with E-state index in [0.717, 1.165) is 11.1 Å². The lowest BCUT2D eigenvalue weighted by Gasteiger charge is -2.21. The molecule has 0 aliphatic heterocycles. The van der Waals surface area contributed by atoms with Crippen LogP contribution in [0.25, 0.3) is 0 Å². The Labute approximate surface area is 119 Å². The molecule has 0 radical (unpaired) electrons. The largest absolute Gasteiger partial charge is 0.386 e. The molecule has 2 aromatic carbocycles. The van der Waals surface area contributed by atoms with Crippen LogP contribution in [0, 0.1) is 6.92 Å². The van der Waals surface area contributed by atoms with Gasteiger partial charge in [-0.1, -0.05) is 48.5 Å². The van der Waals surface area contributed by atoms with E-state index in [0.29, 0.717) is 5.56 Å². The third-order valence-corrected chi connectivity index (χ3v) is 3.36. The predicted octanol–water partition coefficient (Wildman–Crippen LogP) is 2.85. The van der Waals surface area contributed by atoms with Gasteiger partial charge in [-0.05, 0) is 31.0 Å². The molecule has 3 heteroatoms. The van der Waals surface area contributed by atoms with Crippen LogP contribution in [-0.2, 0) is 0 Å². The Morgan fingerprint density at radius 2 is 1.65 bits per heavy atom. The zero-order valence-corrected chi connectivity index (χ0v) is 11.7. The van der Waals surface area contributed by atoms with Crippen LogP contribution < -0.4 is 5.32 Å². The Morgan fingerprint density at radius 1 is 1.05 bits per heavy atom. The maximum absolute atomic E-state index is 12.2. The fourth-order valence-electron chi connectivity index (χ4n) is 2.13. The first-order chi connectivity index (χ1) is 9.59. The number of aliphatic hydroxyl groups is 1. The van der Waals surface area contributed by atoms with Gasteiger partial charge in [-0.25, -0.2) is 0 Å². The van der Waals surface area contributed by atoms with Crippen LogP contribution in [0.4, 0.5) is 0 Å². The number of amides is 1. The summed E-state index contributed by atoms with van der Waals surface area (Å²) in [6, 6.07) is 16.4. The van der Waals surface area contributed by atoms with E-state index in [9.17, 15) is 9.90 Å². The molecule has 0 bridgehead atoms. The molecule has 0 saturated heterocycles. The molecule has 2 rings (SSSR count). The second-order valence-corrected chi connectivity index (χ2v) is 4.93. The smallest absolute Gasteiger partial charge is 0.251 e. The molecule has 0 aliphatic carbocycles. The van der Waals surface area contributed by atoms with Crippen molar-refractivity contribution in [3.63, 3.8) is 0 Å². The standard InChI is InChI=1S/C17H19NO2/c1-12-8-6-7-11-15(12)17(20)18-13(2)16(19)14-9-4-3-5-10-14/h3-11,13,16,19H,1-2H3,(H,18,20)/t13-,16+/m1/s1. The van der Waals surface area contributed by atoms with Crippen LogP contribution in [0.5, 0.6) is 0 Å². The summed E-state index contributed by atoms with van der Waals surface area (Å²) < 4.78 is 0. The van der Waals surface area contributed by atoms with Gasteiger partial charge in [-0.15, -0.1) is 0 Å². The number of aryl methyl sites for hydroxylation is 1. The highest BCUT2D eigenvalue weighted by atomic mass is 16.3. The molecule has 0 heterocycles. The molecule has 0 saturated carbocycles. The number of rotatable bonds is 4. The van der Waals surface area contributed by atoms with Crippen LogP contribution >= 0.6 is 0 Å². The van der Waals surface area contributed by atoms with E-state index in [1.165, 1.54) is 0 Å². The van der Waals surface area contributed by atoms with Crippen LogP contribution in [-0.4, -0.2) is 17.1 Å². The van der Waals surface area contributed by atoms with E-state index in [1.807, 2.05) is 55.5 Å². The van der Waals surface area contributed by atoms with Crippen molar-refractivity contribution < 1.29 is 9.90 Å². The zero-order chi connectivity index (χ0) is 14.5. The lowest BCUT2D eigenvalue weighted by atomic mass is 10.0. The first kappa shape index (κ1) is 14.3. The van der Waals surface area contributed by atoms with Gasteiger partial charge in [0.1, 0.15) is 0 Å². The molecule has 3 nitrogen and oxygen atoms in total. The molecule has 104 valence electrons. The fourth-order valence-corrected chi connectivity index (χ4v) is 2.13. The number of nitrogens with one attached hydrogen (secondary N) is 1. The van der Waals surface area contributed by atoms with Gasteiger partial charge >= 0.3 is 0 Å². The number of carbonyl (C=O) groups is 1. The van der Waals surface area contributed by atoms with Gasteiger partial charge in [0.15, 0.2) is 0 Å². The number of aliphatic hydroxyl groups excluding tert-OH is 1. The van der Waals surface area contributed by atoms with Gasteiger partial charge in [0, 0.05) is 5.56 Å². The maximum Gasteiger partial charge on any atom is 0.251 e. The Morgan fingerprint density at radius 3 is 2.30 bits per heavy atom. The summed E-state index contributed by atoms with van der Waals surface area (Å²) in [5, 5.41) is 13.1. The molecule has 2 N–H and O–H groups in total. The minimum atomic E-state index is -0.718. The minimum absolute atomic E-state index is 0.161. The summed E-state index contributed by atoms with van der Waals surface area (Å²) in [4.78, 5) is 12.2. The second-order valence-electron chi connectivity index (χ2n) is 4.93. The first-order valence-electron chi connectivity index (χ1n) is 6.69. The molecule has 0 spiro atoms. The Balaban J connectivity index is 2.07. The molecule has 0 aromatic heterocycles. The SMILES string of the molecule is Cc1ccccc1C(=O)N[C@H](C)[C@H](O)c1ccccc1. The van der Waals surface area contributed by atoms with Crippen LogP contribution in [0.1, 0.15) is 34.5 Å². The lowest BCUT2D eigenvalue weighted by molar-refractivity contribution is 0.0851. The van der Waals surface area contributed by atoms with Crippen molar-refractivity contribution in [2.75, 3.05) is 0 Å². The molecular formula is C17H19NO2. The van der Waals surface area contributed by atoms with Gasteiger partial charge < -0.3 is 10.4 Å². The van der Waals surface area contributed by atoms with Gasteiger partial charge in [-0.2, -0.15) is 0 Å². The highest BCUT2D eigenvalue weighted by molar-refractivity contribution is 5.95. The van der Waals surface area contributed by atoms with Crippen molar-refractivity contribution in [1.29, 1.82) is 0 Å². The number of hydrogen-bond acceptors (Lipinski definition) is 2. The summed E-state index contributed by atoms with van der Waals surface area (Å²) in [5.74, 6) is -0.161. The van der Waals surface area contributed by atoms with Gasteiger partial charge in [-0.3, -0.25) is 4.79 Å². The molecular weight excluding hydrogens is 250 g/mol. The van der Waals surface area contributed by atoms with Gasteiger partial charge in [0.2, 0.25) is 0 Å². The third-order valence-electron chi connectivity index (χ3n) is 3.36. The molecule has 1 amide bonds. The van der Waals surface area contributed by atoms with E-state index in [4.69, 9.17) is 0 Å². The highest BCUT2D eigenvalue weighted by Crippen LogP contribution is 2.17. The summed E-state index contributed by atoms with van der Waals surface area (Å²) in [5.41, 5.74) is 2.36. The minimum Gasteiger partial charge on any atom is -0.386 e. The second kappa shape index (κ2) is 6.35. The molecule has 0 fully saturated rings. The molecule has 20 heavy (non-hydrogen) atoms. The topological polar surface area (TPSA) is 49.3 Å². The van der Waals surface area contributed by atoms with Crippen molar-refractivity contribution in [1.82, 2.24) is 5.32 Å².